The van der Waals surface area contributed by atoms with Gasteiger partial charge in [-0.1, -0.05) is 36.8 Å². The summed E-state index contributed by atoms with van der Waals surface area (Å²) in [7, 11) is 3.62. The van der Waals surface area contributed by atoms with Crippen molar-refractivity contribution in [2.45, 2.75) is 51.0 Å². The minimum absolute atomic E-state index is 0.384. The second-order valence-electron chi connectivity index (χ2n) is 7.17. The number of rotatable bonds is 11. The van der Waals surface area contributed by atoms with Crippen LogP contribution in [0.4, 0.5) is 0 Å². The Morgan fingerprint density at radius 1 is 1.07 bits per heavy atom. The third kappa shape index (κ3) is 8.76. The number of methoxy groups -OCH3 is 1. The number of unbranched alkanes of at least 4 members (excludes halogenated alkanes) is 2. The largest absolute Gasteiger partial charge is 0.385 e. The van der Waals surface area contributed by atoms with E-state index in [0.29, 0.717) is 6.10 Å². The molecule has 0 spiro atoms. The molecule has 1 aromatic carbocycles. The number of nitrogens with zero attached hydrogens (tertiary/aromatic N) is 2. The first kappa shape index (κ1) is 21.7. The molecule has 5 nitrogen and oxygen atoms in total. The predicted molar refractivity (Wildman–Crippen MR) is 112 cm³/mol. The summed E-state index contributed by atoms with van der Waals surface area (Å²) >= 11 is 0. The van der Waals surface area contributed by atoms with Crippen LogP contribution in [0.25, 0.3) is 0 Å². The van der Waals surface area contributed by atoms with Crippen molar-refractivity contribution < 1.29 is 9.47 Å². The highest BCUT2D eigenvalue weighted by molar-refractivity contribution is 5.79. The van der Waals surface area contributed by atoms with Gasteiger partial charge in [0, 0.05) is 47.0 Å². The first-order valence-electron chi connectivity index (χ1n) is 10.4. The fourth-order valence-corrected chi connectivity index (χ4v) is 3.50. The molecule has 27 heavy (non-hydrogen) atoms. The van der Waals surface area contributed by atoms with Gasteiger partial charge in [-0.2, -0.15) is 0 Å². The summed E-state index contributed by atoms with van der Waals surface area (Å²) in [6.45, 7) is 4.61. The van der Waals surface area contributed by atoms with Crippen LogP contribution in [-0.4, -0.2) is 64.0 Å². The molecule has 1 fully saturated rings. The number of ether oxygens (including phenoxy) is 2. The SMILES string of the molecule is CN=C(NCCCCCc1ccccc1)N1CCC(OCCCOC)CC1. The number of nitrogens with one attached hydrogen (secondary N) is 1. The van der Waals surface area contributed by atoms with E-state index < -0.39 is 0 Å². The third-order valence-electron chi connectivity index (χ3n) is 5.07. The highest BCUT2D eigenvalue weighted by Crippen LogP contribution is 2.14. The molecule has 0 unspecified atom stereocenters. The van der Waals surface area contributed by atoms with Gasteiger partial charge in [0.15, 0.2) is 5.96 Å². The van der Waals surface area contributed by atoms with Gasteiger partial charge in [-0.25, -0.2) is 0 Å². The molecule has 0 saturated carbocycles. The van der Waals surface area contributed by atoms with Gasteiger partial charge in [-0.05, 0) is 44.1 Å². The number of hydrogen-bond donors (Lipinski definition) is 1. The zero-order valence-corrected chi connectivity index (χ0v) is 17.2. The van der Waals surface area contributed by atoms with Crippen LogP contribution in [0.2, 0.25) is 0 Å². The Hall–Kier alpha value is -1.59. The number of guanidine groups is 1. The van der Waals surface area contributed by atoms with E-state index in [-0.39, 0.29) is 0 Å². The predicted octanol–water partition coefficient (Wildman–Crippen LogP) is 3.49. The fraction of sp³-hybridized carbons (Fsp3) is 0.682. The normalized spacial score (nSPS) is 15.9. The minimum Gasteiger partial charge on any atom is -0.385 e. The average Bonchev–Trinajstić information content (AvgIpc) is 2.72. The highest BCUT2D eigenvalue weighted by atomic mass is 16.5. The number of aryl methyl sites for hydroxylation is 1. The zero-order chi connectivity index (χ0) is 19.2. The quantitative estimate of drug-likeness (QED) is 0.365. The van der Waals surface area contributed by atoms with E-state index in [1.54, 1.807) is 7.11 Å². The molecule has 2 rings (SSSR count). The van der Waals surface area contributed by atoms with Crippen molar-refractivity contribution in [1.29, 1.82) is 0 Å². The van der Waals surface area contributed by atoms with Crippen LogP contribution in [0.15, 0.2) is 35.3 Å². The summed E-state index contributed by atoms with van der Waals surface area (Å²) in [5.41, 5.74) is 1.44. The molecule has 0 bridgehead atoms. The smallest absolute Gasteiger partial charge is 0.193 e. The van der Waals surface area contributed by atoms with Crippen molar-refractivity contribution >= 4 is 5.96 Å². The summed E-state index contributed by atoms with van der Waals surface area (Å²) in [4.78, 5) is 6.82. The molecule has 1 saturated heterocycles. The lowest BCUT2D eigenvalue weighted by atomic mass is 10.1. The monoisotopic (exact) mass is 375 g/mol. The Kier molecular flexibility index (Phi) is 10.9. The van der Waals surface area contributed by atoms with Crippen LogP contribution in [-0.2, 0) is 15.9 Å². The molecule has 0 atom stereocenters. The van der Waals surface area contributed by atoms with Gasteiger partial charge in [0.25, 0.3) is 0 Å². The maximum atomic E-state index is 5.94. The van der Waals surface area contributed by atoms with Gasteiger partial charge >= 0.3 is 0 Å². The lowest BCUT2D eigenvalue weighted by molar-refractivity contribution is 0.00991. The number of hydrogen-bond acceptors (Lipinski definition) is 3. The standard InChI is InChI=1S/C22H37N3O2/c1-23-22(24-15-8-4-7-12-20-10-5-3-6-11-20)25-16-13-21(14-17-25)27-19-9-18-26-2/h3,5-6,10-11,21H,4,7-9,12-19H2,1-2H3,(H,23,24). The fourth-order valence-electron chi connectivity index (χ4n) is 3.50. The van der Waals surface area contributed by atoms with Crippen LogP contribution < -0.4 is 5.32 Å². The molecular weight excluding hydrogens is 338 g/mol. The van der Waals surface area contributed by atoms with Crippen LogP contribution >= 0.6 is 0 Å². The van der Waals surface area contributed by atoms with Crippen LogP contribution in [0, 0.1) is 0 Å². The maximum absolute atomic E-state index is 5.94. The van der Waals surface area contributed by atoms with E-state index in [1.807, 2.05) is 7.05 Å². The molecule has 1 aromatic rings. The number of piperidine rings is 1. The van der Waals surface area contributed by atoms with Crippen molar-refractivity contribution in [3.8, 4) is 0 Å². The van der Waals surface area contributed by atoms with Gasteiger partial charge in [0.05, 0.1) is 6.10 Å². The first-order valence-corrected chi connectivity index (χ1v) is 10.4. The summed E-state index contributed by atoms with van der Waals surface area (Å²) < 4.78 is 11.0. The van der Waals surface area contributed by atoms with Crippen LogP contribution in [0.5, 0.6) is 0 Å². The topological polar surface area (TPSA) is 46.1 Å². The Balaban J connectivity index is 1.54. The summed E-state index contributed by atoms with van der Waals surface area (Å²) in [5, 5.41) is 3.53. The second-order valence-corrected chi connectivity index (χ2v) is 7.17. The van der Waals surface area contributed by atoms with Gasteiger partial charge in [-0.15, -0.1) is 0 Å². The Bertz CT molecular complexity index is 514. The zero-order valence-electron chi connectivity index (χ0n) is 17.2. The third-order valence-corrected chi connectivity index (χ3v) is 5.07. The van der Waals surface area contributed by atoms with Gasteiger partial charge < -0.3 is 19.7 Å². The van der Waals surface area contributed by atoms with Crippen LogP contribution in [0.3, 0.4) is 0 Å². The molecule has 1 heterocycles. The number of likely N-dealkylation sites (tertiary alicyclic amines) is 1. The lowest BCUT2D eigenvalue weighted by Crippen LogP contribution is -2.47. The first-order chi connectivity index (χ1) is 13.3. The van der Waals surface area contributed by atoms with Gasteiger partial charge in [-0.3, -0.25) is 4.99 Å². The van der Waals surface area contributed by atoms with E-state index in [2.05, 4.69) is 45.5 Å². The van der Waals surface area contributed by atoms with E-state index in [0.717, 1.165) is 58.1 Å². The average molecular weight is 376 g/mol. The molecule has 152 valence electrons. The van der Waals surface area contributed by atoms with Crippen LogP contribution in [0.1, 0.15) is 44.1 Å². The Labute approximate surface area is 165 Å². The molecular formula is C22H37N3O2. The number of aliphatic imine (C=N–C) groups is 1. The molecule has 0 radical (unpaired) electrons. The molecule has 0 aliphatic carbocycles. The summed E-state index contributed by atoms with van der Waals surface area (Å²) in [5.74, 6) is 1.04. The minimum atomic E-state index is 0.384. The Morgan fingerprint density at radius 2 is 1.85 bits per heavy atom. The molecule has 1 aliphatic rings. The van der Waals surface area contributed by atoms with Crippen molar-refractivity contribution in [1.82, 2.24) is 10.2 Å². The van der Waals surface area contributed by atoms with Crippen molar-refractivity contribution in [2.24, 2.45) is 4.99 Å². The summed E-state index contributed by atoms with van der Waals surface area (Å²) in [6, 6.07) is 10.7. The molecule has 0 amide bonds. The second kappa shape index (κ2) is 13.6. The van der Waals surface area contributed by atoms with Gasteiger partial charge in [0.2, 0.25) is 0 Å². The van der Waals surface area contributed by atoms with E-state index in [9.17, 15) is 0 Å². The van der Waals surface area contributed by atoms with Gasteiger partial charge in [0.1, 0.15) is 0 Å². The molecule has 0 aromatic heterocycles. The van der Waals surface area contributed by atoms with Crippen molar-refractivity contribution in [2.75, 3.05) is 47.0 Å². The summed E-state index contributed by atoms with van der Waals surface area (Å²) in [6.07, 6.45) is 8.36. The highest BCUT2D eigenvalue weighted by Gasteiger charge is 2.21. The maximum Gasteiger partial charge on any atom is 0.193 e. The van der Waals surface area contributed by atoms with Crippen molar-refractivity contribution in [3.05, 3.63) is 35.9 Å². The van der Waals surface area contributed by atoms with E-state index in [1.165, 1.54) is 31.2 Å². The van der Waals surface area contributed by atoms with E-state index in [4.69, 9.17) is 9.47 Å². The van der Waals surface area contributed by atoms with E-state index >= 15 is 0 Å². The molecule has 1 N–H and O–H groups in total. The molecule has 5 heteroatoms. The molecule has 1 aliphatic heterocycles. The lowest BCUT2D eigenvalue weighted by Gasteiger charge is -2.34. The number of benzene rings is 1. The Morgan fingerprint density at radius 3 is 2.56 bits per heavy atom. The van der Waals surface area contributed by atoms with Crippen molar-refractivity contribution in [3.63, 3.8) is 0 Å².